The van der Waals surface area contributed by atoms with Crippen LogP contribution in [0, 0.1) is 0 Å². The highest BCUT2D eigenvalue weighted by molar-refractivity contribution is 7.10. The summed E-state index contributed by atoms with van der Waals surface area (Å²) >= 11 is 8.04. The Hall–Kier alpha value is -1.69. The van der Waals surface area contributed by atoms with Crippen LogP contribution in [0.15, 0.2) is 40.1 Å². The minimum atomic E-state index is 0.376. The molecule has 1 atom stereocenters. The highest BCUT2D eigenvalue weighted by Gasteiger charge is 2.26. The molecular formula is C17H16ClN3OS. The summed E-state index contributed by atoms with van der Waals surface area (Å²) in [4.78, 5) is 3.87. The zero-order valence-corrected chi connectivity index (χ0v) is 14.3. The molecule has 0 saturated carbocycles. The van der Waals surface area contributed by atoms with E-state index in [0.29, 0.717) is 29.4 Å². The third-order valence-corrected chi connectivity index (χ3v) is 5.64. The quantitative estimate of drug-likeness (QED) is 0.697. The Morgan fingerprint density at radius 1 is 1.30 bits per heavy atom. The van der Waals surface area contributed by atoms with E-state index in [0.717, 1.165) is 18.5 Å². The molecule has 0 aliphatic carbocycles. The first-order valence-electron chi connectivity index (χ1n) is 7.60. The number of hydrogen-bond acceptors (Lipinski definition) is 5. The summed E-state index contributed by atoms with van der Waals surface area (Å²) in [5.41, 5.74) is 2.20. The molecule has 1 aliphatic rings. The fourth-order valence-electron chi connectivity index (χ4n) is 3.01. The number of thiophene rings is 1. The van der Waals surface area contributed by atoms with Gasteiger partial charge in [0.15, 0.2) is 0 Å². The van der Waals surface area contributed by atoms with E-state index in [-0.39, 0.29) is 0 Å². The third-order valence-electron chi connectivity index (χ3n) is 4.31. The molecule has 4 nitrogen and oxygen atoms in total. The van der Waals surface area contributed by atoms with Crippen LogP contribution in [0.25, 0.3) is 11.5 Å². The van der Waals surface area contributed by atoms with Crippen molar-refractivity contribution in [2.24, 2.45) is 0 Å². The maximum Gasteiger partial charge on any atom is 0.249 e. The van der Waals surface area contributed by atoms with Crippen molar-refractivity contribution >= 4 is 22.9 Å². The minimum absolute atomic E-state index is 0.376. The molecule has 2 aromatic heterocycles. The van der Waals surface area contributed by atoms with Gasteiger partial charge in [0.05, 0.1) is 17.1 Å². The molecule has 0 saturated heterocycles. The lowest BCUT2D eigenvalue weighted by Gasteiger charge is -2.32. The van der Waals surface area contributed by atoms with E-state index in [1.165, 1.54) is 10.4 Å². The molecule has 0 radical (unpaired) electrons. The van der Waals surface area contributed by atoms with E-state index >= 15 is 0 Å². The van der Waals surface area contributed by atoms with Crippen LogP contribution in [0.4, 0.5) is 0 Å². The number of halogens is 1. The molecule has 23 heavy (non-hydrogen) atoms. The van der Waals surface area contributed by atoms with E-state index < -0.39 is 0 Å². The Kier molecular flexibility index (Phi) is 3.93. The van der Waals surface area contributed by atoms with Crippen molar-refractivity contribution < 1.29 is 4.42 Å². The zero-order chi connectivity index (χ0) is 15.8. The average molecular weight is 346 g/mol. The van der Waals surface area contributed by atoms with Gasteiger partial charge in [-0.1, -0.05) is 23.7 Å². The van der Waals surface area contributed by atoms with Crippen LogP contribution >= 0.6 is 22.9 Å². The van der Waals surface area contributed by atoms with Crippen LogP contribution in [-0.2, 0) is 13.0 Å². The summed E-state index contributed by atoms with van der Waals surface area (Å²) in [6.45, 7) is 3.91. The van der Waals surface area contributed by atoms with Crippen molar-refractivity contribution in [3.63, 3.8) is 0 Å². The molecule has 4 rings (SSSR count). The predicted octanol–water partition coefficient (Wildman–Crippen LogP) is 4.57. The molecule has 6 heteroatoms. The average Bonchev–Trinajstić information content (AvgIpc) is 3.20. The smallest absolute Gasteiger partial charge is 0.249 e. The minimum Gasteiger partial charge on any atom is -0.419 e. The van der Waals surface area contributed by atoms with Crippen molar-refractivity contribution in [1.29, 1.82) is 0 Å². The fraction of sp³-hybridized carbons (Fsp3) is 0.294. The largest absolute Gasteiger partial charge is 0.419 e. The summed E-state index contributed by atoms with van der Waals surface area (Å²) in [6, 6.07) is 10.1. The maximum atomic E-state index is 6.19. The maximum absolute atomic E-state index is 6.19. The van der Waals surface area contributed by atoms with E-state index in [2.05, 4.69) is 33.5 Å². The van der Waals surface area contributed by atoms with E-state index in [1.807, 2.05) is 35.6 Å². The molecule has 0 spiro atoms. The van der Waals surface area contributed by atoms with Crippen LogP contribution in [-0.4, -0.2) is 21.6 Å². The van der Waals surface area contributed by atoms with Crippen molar-refractivity contribution in [2.45, 2.75) is 25.9 Å². The van der Waals surface area contributed by atoms with Gasteiger partial charge in [0, 0.05) is 17.5 Å². The van der Waals surface area contributed by atoms with Gasteiger partial charge >= 0.3 is 0 Å². The molecule has 118 valence electrons. The van der Waals surface area contributed by atoms with Gasteiger partial charge in [0.1, 0.15) is 0 Å². The lowest BCUT2D eigenvalue weighted by atomic mass is 10.0. The van der Waals surface area contributed by atoms with Gasteiger partial charge in [0.25, 0.3) is 0 Å². The number of benzene rings is 1. The summed E-state index contributed by atoms with van der Waals surface area (Å²) < 4.78 is 5.83. The molecule has 0 unspecified atom stereocenters. The Morgan fingerprint density at radius 2 is 2.17 bits per heavy atom. The van der Waals surface area contributed by atoms with Crippen molar-refractivity contribution in [3.8, 4) is 11.5 Å². The van der Waals surface area contributed by atoms with Gasteiger partial charge in [-0.2, -0.15) is 0 Å². The van der Waals surface area contributed by atoms with Gasteiger partial charge in [-0.05, 0) is 42.5 Å². The predicted molar refractivity (Wildman–Crippen MR) is 91.6 cm³/mol. The zero-order valence-electron chi connectivity index (χ0n) is 12.7. The van der Waals surface area contributed by atoms with Gasteiger partial charge in [0.2, 0.25) is 11.8 Å². The molecule has 3 aromatic rings. The first-order chi connectivity index (χ1) is 11.2. The van der Waals surface area contributed by atoms with Crippen LogP contribution < -0.4 is 0 Å². The number of aromatic nitrogens is 2. The first kappa shape index (κ1) is 14.9. The van der Waals surface area contributed by atoms with Crippen LogP contribution in [0.2, 0.25) is 5.02 Å². The first-order valence-corrected chi connectivity index (χ1v) is 8.86. The Bertz CT molecular complexity index is 829. The van der Waals surface area contributed by atoms with Gasteiger partial charge < -0.3 is 4.42 Å². The number of fused-ring (bicyclic) bond motifs is 1. The Morgan fingerprint density at radius 3 is 3.04 bits per heavy atom. The van der Waals surface area contributed by atoms with Crippen molar-refractivity contribution in [1.82, 2.24) is 15.1 Å². The Labute approximate surface area is 143 Å². The summed E-state index contributed by atoms with van der Waals surface area (Å²) in [7, 11) is 0. The standard InChI is InChI=1S/C17H16ClN3OS/c1-11-12-7-9-23-15(12)6-8-21(11)10-16-19-20-17(22-16)13-4-2-3-5-14(13)18/h2-5,7,9,11H,6,8,10H2,1H3/t11-/m1/s1. The summed E-state index contributed by atoms with van der Waals surface area (Å²) in [5.74, 6) is 1.11. The molecule has 0 amide bonds. The SMILES string of the molecule is C[C@@H]1c2ccsc2CCN1Cc1nnc(-c2ccccc2Cl)o1. The summed E-state index contributed by atoms with van der Waals surface area (Å²) in [5, 5.41) is 11.1. The highest BCUT2D eigenvalue weighted by atomic mass is 35.5. The van der Waals surface area contributed by atoms with Gasteiger partial charge in [-0.3, -0.25) is 4.90 Å². The molecule has 1 aromatic carbocycles. The van der Waals surface area contributed by atoms with Crippen molar-refractivity contribution in [3.05, 3.63) is 57.1 Å². The third kappa shape index (κ3) is 2.80. The van der Waals surface area contributed by atoms with Crippen LogP contribution in [0.3, 0.4) is 0 Å². The number of nitrogens with zero attached hydrogens (tertiary/aromatic N) is 3. The monoisotopic (exact) mass is 345 g/mol. The second-order valence-electron chi connectivity index (χ2n) is 5.68. The lowest BCUT2D eigenvalue weighted by Crippen LogP contribution is -2.32. The van der Waals surface area contributed by atoms with Gasteiger partial charge in [-0.15, -0.1) is 21.5 Å². The van der Waals surface area contributed by atoms with Crippen molar-refractivity contribution in [2.75, 3.05) is 6.54 Å². The highest BCUT2D eigenvalue weighted by Crippen LogP contribution is 2.34. The van der Waals surface area contributed by atoms with E-state index in [4.69, 9.17) is 16.0 Å². The normalized spacial score (nSPS) is 18.1. The molecule has 3 heterocycles. The number of hydrogen-bond donors (Lipinski definition) is 0. The van der Waals surface area contributed by atoms with Crippen LogP contribution in [0.1, 0.15) is 29.3 Å². The lowest BCUT2D eigenvalue weighted by molar-refractivity contribution is 0.174. The fourth-order valence-corrected chi connectivity index (χ4v) is 4.19. The van der Waals surface area contributed by atoms with E-state index in [9.17, 15) is 0 Å². The Balaban J connectivity index is 1.54. The summed E-state index contributed by atoms with van der Waals surface area (Å²) in [6.07, 6.45) is 1.09. The topological polar surface area (TPSA) is 42.2 Å². The molecule has 1 aliphatic heterocycles. The molecule has 0 N–H and O–H groups in total. The molecule has 0 fully saturated rings. The van der Waals surface area contributed by atoms with E-state index in [1.54, 1.807) is 0 Å². The van der Waals surface area contributed by atoms with Gasteiger partial charge in [-0.25, -0.2) is 0 Å². The second kappa shape index (κ2) is 6.07. The molecule has 0 bridgehead atoms. The second-order valence-corrected chi connectivity index (χ2v) is 7.08. The van der Waals surface area contributed by atoms with Crippen LogP contribution in [0.5, 0.6) is 0 Å². The molecular weight excluding hydrogens is 330 g/mol. The number of rotatable bonds is 3.